The quantitative estimate of drug-likeness (QED) is 0.691. The van der Waals surface area contributed by atoms with Gasteiger partial charge >= 0.3 is 0 Å². The molecule has 1 heterocycles. The summed E-state index contributed by atoms with van der Waals surface area (Å²) >= 11 is 0. The smallest absolute Gasteiger partial charge is 0.272 e. The molecule has 3 rings (SSSR count). The first-order valence-electron chi connectivity index (χ1n) is 7.62. The van der Waals surface area contributed by atoms with Crippen LogP contribution in [0.5, 0.6) is 0 Å². The number of benzene rings is 2. The second-order valence-corrected chi connectivity index (χ2v) is 5.87. The van der Waals surface area contributed by atoms with Gasteiger partial charge in [0.1, 0.15) is 0 Å². The Hall–Kier alpha value is -3.15. The highest BCUT2D eigenvalue weighted by atomic mass is 16.2. The van der Waals surface area contributed by atoms with Gasteiger partial charge in [0, 0.05) is 5.56 Å². The minimum atomic E-state index is -0.462. The molecule has 0 atom stereocenters. The lowest BCUT2D eigenvalue weighted by molar-refractivity contribution is 0.102. The summed E-state index contributed by atoms with van der Waals surface area (Å²) in [7, 11) is 0. The third-order valence-corrected chi connectivity index (χ3v) is 3.91. The summed E-state index contributed by atoms with van der Waals surface area (Å²) in [5.74, 6) is 0.0444. The summed E-state index contributed by atoms with van der Waals surface area (Å²) in [6.45, 7) is 4.16. The maximum Gasteiger partial charge on any atom is 0.272 e. The van der Waals surface area contributed by atoms with Crippen LogP contribution in [0.15, 0.2) is 52.1 Å². The average Bonchev–Trinajstić information content (AvgIpc) is 2.58. The summed E-state index contributed by atoms with van der Waals surface area (Å²) < 4.78 is 0. The number of fused-ring (bicyclic) bond motifs is 1. The highest BCUT2D eigenvalue weighted by Crippen LogP contribution is 2.19. The van der Waals surface area contributed by atoms with Crippen molar-refractivity contribution in [3.63, 3.8) is 0 Å². The fourth-order valence-corrected chi connectivity index (χ4v) is 2.55. The average molecular weight is 323 g/mol. The SMILES string of the molecule is CC(C)c1ccc(C(=O)Nc2cccc3c(=O)[nH][nH]c(=O)c23)cc1. The first kappa shape index (κ1) is 15.7. The number of anilines is 1. The van der Waals surface area contributed by atoms with Crippen LogP contribution in [0.25, 0.3) is 10.8 Å². The second-order valence-electron chi connectivity index (χ2n) is 5.87. The molecule has 1 amide bonds. The molecule has 122 valence electrons. The van der Waals surface area contributed by atoms with Gasteiger partial charge in [0.15, 0.2) is 0 Å². The number of aromatic amines is 2. The number of hydrogen-bond donors (Lipinski definition) is 3. The van der Waals surface area contributed by atoms with E-state index in [1.807, 2.05) is 12.1 Å². The summed E-state index contributed by atoms with van der Waals surface area (Å²) in [5.41, 5.74) is 1.05. The van der Waals surface area contributed by atoms with E-state index < -0.39 is 11.1 Å². The zero-order valence-electron chi connectivity index (χ0n) is 13.3. The number of H-pyrrole nitrogens is 2. The van der Waals surface area contributed by atoms with E-state index in [9.17, 15) is 14.4 Å². The zero-order chi connectivity index (χ0) is 17.3. The minimum absolute atomic E-state index is 0.161. The van der Waals surface area contributed by atoms with E-state index in [1.165, 1.54) is 6.07 Å². The second kappa shape index (κ2) is 6.16. The van der Waals surface area contributed by atoms with Crippen molar-refractivity contribution >= 4 is 22.4 Å². The van der Waals surface area contributed by atoms with Gasteiger partial charge in [-0.15, -0.1) is 0 Å². The topological polar surface area (TPSA) is 94.8 Å². The third kappa shape index (κ3) is 2.86. The Bertz CT molecular complexity index is 1010. The molecule has 0 radical (unpaired) electrons. The minimum Gasteiger partial charge on any atom is -0.321 e. The van der Waals surface area contributed by atoms with Gasteiger partial charge in [-0.2, -0.15) is 0 Å². The molecule has 0 saturated heterocycles. The molecule has 0 aliphatic heterocycles. The van der Waals surface area contributed by atoms with Crippen LogP contribution in [0, 0.1) is 0 Å². The molecule has 6 nitrogen and oxygen atoms in total. The Balaban J connectivity index is 1.98. The largest absolute Gasteiger partial charge is 0.321 e. The van der Waals surface area contributed by atoms with Crippen molar-refractivity contribution in [3.8, 4) is 0 Å². The van der Waals surface area contributed by atoms with Gasteiger partial charge in [0.05, 0.1) is 16.5 Å². The van der Waals surface area contributed by atoms with Gasteiger partial charge in [0.2, 0.25) is 0 Å². The molecule has 0 aliphatic carbocycles. The van der Waals surface area contributed by atoms with Crippen molar-refractivity contribution < 1.29 is 4.79 Å². The predicted octanol–water partition coefficient (Wildman–Crippen LogP) is 2.59. The summed E-state index contributed by atoms with van der Waals surface area (Å²) in [5, 5.41) is 7.63. The van der Waals surface area contributed by atoms with Crippen molar-refractivity contribution in [1.82, 2.24) is 10.2 Å². The van der Waals surface area contributed by atoms with Gasteiger partial charge in [0.25, 0.3) is 17.0 Å². The number of amides is 1. The van der Waals surface area contributed by atoms with E-state index in [-0.39, 0.29) is 16.7 Å². The van der Waals surface area contributed by atoms with Crippen molar-refractivity contribution in [2.45, 2.75) is 19.8 Å². The molecular formula is C18H17N3O3. The molecule has 0 bridgehead atoms. The van der Waals surface area contributed by atoms with E-state index in [4.69, 9.17) is 0 Å². The summed E-state index contributed by atoms with van der Waals surface area (Å²) in [6, 6.07) is 12.0. The molecule has 0 unspecified atom stereocenters. The highest BCUT2D eigenvalue weighted by molar-refractivity contribution is 6.08. The van der Waals surface area contributed by atoms with Crippen molar-refractivity contribution in [2.24, 2.45) is 0 Å². The molecule has 6 heteroatoms. The van der Waals surface area contributed by atoms with Gasteiger partial charge in [-0.25, -0.2) is 0 Å². The number of nitrogens with one attached hydrogen (secondary N) is 3. The number of aromatic nitrogens is 2. The third-order valence-electron chi connectivity index (χ3n) is 3.91. The lowest BCUT2D eigenvalue weighted by Crippen LogP contribution is -2.21. The molecule has 1 aromatic heterocycles. The molecular weight excluding hydrogens is 306 g/mol. The fourth-order valence-electron chi connectivity index (χ4n) is 2.55. The molecule has 2 aromatic carbocycles. The van der Waals surface area contributed by atoms with Gasteiger partial charge in [-0.1, -0.05) is 32.0 Å². The van der Waals surface area contributed by atoms with Crippen LogP contribution in [-0.2, 0) is 0 Å². The first-order valence-corrected chi connectivity index (χ1v) is 7.62. The molecule has 3 aromatic rings. The van der Waals surface area contributed by atoms with Gasteiger partial charge in [-0.3, -0.25) is 24.6 Å². The fraction of sp³-hybridized carbons (Fsp3) is 0.167. The normalized spacial score (nSPS) is 11.0. The van der Waals surface area contributed by atoms with Crippen LogP contribution >= 0.6 is 0 Å². The monoisotopic (exact) mass is 323 g/mol. The number of rotatable bonds is 3. The van der Waals surface area contributed by atoms with E-state index in [1.54, 1.807) is 24.3 Å². The molecule has 24 heavy (non-hydrogen) atoms. The van der Waals surface area contributed by atoms with Crippen molar-refractivity contribution in [1.29, 1.82) is 0 Å². The molecule has 0 fully saturated rings. The van der Waals surface area contributed by atoms with Crippen LogP contribution in [0.4, 0.5) is 5.69 Å². The molecule has 3 N–H and O–H groups in total. The lowest BCUT2D eigenvalue weighted by atomic mass is 10.0. The Labute approximate surface area is 137 Å². The van der Waals surface area contributed by atoms with Gasteiger partial charge < -0.3 is 5.32 Å². The lowest BCUT2D eigenvalue weighted by Gasteiger charge is -2.09. The number of carbonyl (C=O) groups is 1. The summed E-state index contributed by atoms with van der Waals surface area (Å²) in [4.78, 5) is 36.2. The van der Waals surface area contributed by atoms with Crippen LogP contribution in [0.2, 0.25) is 0 Å². The summed E-state index contributed by atoms with van der Waals surface area (Å²) in [6.07, 6.45) is 0. The number of carbonyl (C=O) groups excluding carboxylic acids is 1. The standard InChI is InChI=1S/C18H17N3O3/c1-10(2)11-6-8-12(9-7-11)16(22)19-14-5-3-4-13-15(14)18(24)21-20-17(13)23/h3-10H,1-2H3,(H,19,22)(H,20,23)(H,21,24). The molecule has 0 aliphatic rings. The van der Waals surface area contributed by atoms with Crippen LogP contribution in [0.1, 0.15) is 35.7 Å². The first-order chi connectivity index (χ1) is 11.5. The molecule has 0 spiro atoms. The Morgan fingerprint density at radius 1 is 0.958 bits per heavy atom. The van der Waals surface area contributed by atoms with Crippen LogP contribution < -0.4 is 16.4 Å². The van der Waals surface area contributed by atoms with E-state index in [0.717, 1.165) is 5.56 Å². The predicted molar refractivity (Wildman–Crippen MR) is 93.7 cm³/mol. The van der Waals surface area contributed by atoms with Gasteiger partial charge in [-0.05, 0) is 35.7 Å². The van der Waals surface area contributed by atoms with Crippen molar-refractivity contribution in [2.75, 3.05) is 5.32 Å². The maximum absolute atomic E-state index is 12.4. The van der Waals surface area contributed by atoms with Crippen LogP contribution in [-0.4, -0.2) is 16.1 Å². The van der Waals surface area contributed by atoms with E-state index in [2.05, 4.69) is 29.4 Å². The number of hydrogen-bond acceptors (Lipinski definition) is 3. The molecule has 0 saturated carbocycles. The van der Waals surface area contributed by atoms with E-state index in [0.29, 0.717) is 17.2 Å². The Morgan fingerprint density at radius 2 is 1.62 bits per heavy atom. The maximum atomic E-state index is 12.4. The van der Waals surface area contributed by atoms with E-state index >= 15 is 0 Å². The Kier molecular flexibility index (Phi) is 4.04. The highest BCUT2D eigenvalue weighted by Gasteiger charge is 2.12. The Morgan fingerprint density at radius 3 is 2.29 bits per heavy atom. The zero-order valence-corrected chi connectivity index (χ0v) is 13.3. The van der Waals surface area contributed by atoms with Crippen molar-refractivity contribution in [3.05, 3.63) is 74.3 Å². The van der Waals surface area contributed by atoms with Crippen LogP contribution in [0.3, 0.4) is 0 Å².